The normalized spacial score (nSPS) is 18.2. The molecular weight excluding hydrogens is 228 g/mol. The van der Waals surface area contributed by atoms with E-state index >= 15 is 0 Å². The lowest BCUT2D eigenvalue weighted by atomic mass is 10.1. The number of aryl methyl sites for hydroxylation is 1. The highest BCUT2D eigenvalue weighted by atomic mass is 16.3. The maximum Gasteiger partial charge on any atom is 0.178 e. The number of nitrogens with zero attached hydrogens (tertiary/aromatic N) is 2. The van der Waals surface area contributed by atoms with Gasteiger partial charge in [0, 0.05) is 37.1 Å². The summed E-state index contributed by atoms with van der Waals surface area (Å²) >= 11 is 0. The topological polar surface area (TPSA) is 45.5 Å². The van der Waals surface area contributed by atoms with Gasteiger partial charge in [-0.1, -0.05) is 0 Å². The van der Waals surface area contributed by atoms with E-state index in [0.29, 0.717) is 6.54 Å². The summed E-state index contributed by atoms with van der Waals surface area (Å²) in [5.74, 6) is 0.188. The minimum Gasteiger partial charge on any atom is -0.393 e. The number of hydrogen-bond donors (Lipinski definition) is 1. The Kier molecular flexibility index (Phi) is 3.88. The SMILES string of the molecule is Cc1cc(C(=O)CN2CCC(O)CC2)c(C)n1C. The van der Waals surface area contributed by atoms with Crippen LogP contribution in [0.25, 0.3) is 0 Å². The monoisotopic (exact) mass is 250 g/mol. The zero-order valence-electron chi connectivity index (χ0n) is 11.4. The molecule has 0 saturated carbocycles. The van der Waals surface area contributed by atoms with Crippen molar-refractivity contribution >= 4 is 5.78 Å². The number of ketones is 1. The van der Waals surface area contributed by atoms with Crippen LogP contribution in [0.2, 0.25) is 0 Å². The largest absolute Gasteiger partial charge is 0.393 e. The Morgan fingerprint density at radius 2 is 2.00 bits per heavy atom. The van der Waals surface area contributed by atoms with E-state index in [4.69, 9.17) is 0 Å². The molecule has 1 aromatic rings. The first kappa shape index (κ1) is 13.3. The van der Waals surface area contributed by atoms with Crippen LogP contribution in [-0.2, 0) is 7.05 Å². The molecule has 0 unspecified atom stereocenters. The van der Waals surface area contributed by atoms with Crippen molar-refractivity contribution in [3.63, 3.8) is 0 Å². The molecule has 0 amide bonds. The molecule has 1 fully saturated rings. The van der Waals surface area contributed by atoms with Gasteiger partial charge in [-0.05, 0) is 32.8 Å². The lowest BCUT2D eigenvalue weighted by Crippen LogP contribution is -2.39. The minimum atomic E-state index is -0.183. The van der Waals surface area contributed by atoms with Gasteiger partial charge in [-0.25, -0.2) is 0 Å². The number of hydrogen-bond acceptors (Lipinski definition) is 3. The van der Waals surface area contributed by atoms with Gasteiger partial charge in [-0.15, -0.1) is 0 Å². The van der Waals surface area contributed by atoms with Crippen LogP contribution in [0.15, 0.2) is 6.07 Å². The van der Waals surface area contributed by atoms with Crippen LogP contribution >= 0.6 is 0 Å². The van der Waals surface area contributed by atoms with Gasteiger partial charge in [-0.3, -0.25) is 9.69 Å². The highest BCUT2D eigenvalue weighted by Gasteiger charge is 2.21. The number of piperidine rings is 1. The minimum absolute atomic E-state index is 0.183. The van der Waals surface area contributed by atoms with Crippen molar-refractivity contribution in [2.75, 3.05) is 19.6 Å². The fourth-order valence-electron chi connectivity index (χ4n) is 2.50. The van der Waals surface area contributed by atoms with Gasteiger partial charge in [0.1, 0.15) is 0 Å². The van der Waals surface area contributed by atoms with E-state index in [0.717, 1.165) is 42.9 Å². The van der Waals surface area contributed by atoms with Gasteiger partial charge in [-0.2, -0.15) is 0 Å². The first-order valence-electron chi connectivity index (χ1n) is 6.55. The maximum atomic E-state index is 12.3. The van der Waals surface area contributed by atoms with E-state index in [1.165, 1.54) is 0 Å². The van der Waals surface area contributed by atoms with Gasteiger partial charge in [0.05, 0.1) is 12.6 Å². The Morgan fingerprint density at radius 3 is 2.50 bits per heavy atom. The molecule has 0 radical (unpaired) electrons. The predicted molar refractivity (Wildman–Crippen MR) is 70.9 cm³/mol. The summed E-state index contributed by atoms with van der Waals surface area (Å²) in [5, 5.41) is 9.45. The van der Waals surface area contributed by atoms with Crippen LogP contribution in [0, 0.1) is 13.8 Å². The molecule has 0 aromatic carbocycles. The average Bonchev–Trinajstić information content (AvgIpc) is 2.60. The molecule has 0 bridgehead atoms. The predicted octanol–water partition coefficient (Wildman–Crippen LogP) is 1.28. The Labute approximate surface area is 108 Å². The van der Waals surface area contributed by atoms with Crippen molar-refractivity contribution in [2.45, 2.75) is 32.8 Å². The molecule has 0 atom stereocenters. The fraction of sp³-hybridized carbons (Fsp3) is 0.643. The molecule has 1 aliphatic heterocycles. The van der Waals surface area contributed by atoms with Crippen LogP contribution < -0.4 is 0 Å². The van der Waals surface area contributed by atoms with Gasteiger partial charge >= 0.3 is 0 Å². The van der Waals surface area contributed by atoms with E-state index < -0.39 is 0 Å². The molecule has 1 saturated heterocycles. The molecular formula is C14H22N2O2. The third kappa shape index (κ3) is 2.65. The van der Waals surface area contributed by atoms with Crippen LogP contribution in [0.5, 0.6) is 0 Å². The standard InChI is InChI=1S/C14H22N2O2/c1-10-8-13(11(2)15(10)3)14(18)9-16-6-4-12(17)5-7-16/h8,12,17H,4-7,9H2,1-3H3. The number of carbonyl (C=O) groups excluding carboxylic acids is 1. The first-order chi connectivity index (χ1) is 8.49. The van der Waals surface area contributed by atoms with Crippen molar-refractivity contribution in [3.05, 3.63) is 23.0 Å². The van der Waals surface area contributed by atoms with Crippen molar-refractivity contribution in [1.82, 2.24) is 9.47 Å². The highest BCUT2D eigenvalue weighted by molar-refractivity contribution is 5.99. The lowest BCUT2D eigenvalue weighted by Gasteiger charge is -2.28. The quantitative estimate of drug-likeness (QED) is 0.822. The second-order valence-electron chi connectivity index (χ2n) is 5.27. The van der Waals surface area contributed by atoms with Gasteiger partial charge in [0.2, 0.25) is 0 Å². The van der Waals surface area contributed by atoms with Gasteiger partial charge in [0.25, 0.3) is 0 Å². The van der Waals surface area contributed by atoms with Gasteiger partial charge in [0.15, 0.2) is 5.78 Å². The molecule has 18 heavy (non-hydrogen) atoms. The summed E-state index contributed by atoms with van der Waals surface area (Å²) < 4.78 is 2.05. The van der Waals surface area contributed by atoms with Crippen molar-refractivity contribution in [1.29, 1.82) is 0 Å². The third-order valence-corrected chi connectivity index (χ3v) is 4.00. The number of aliphatic hydroxyl groups is 1. The van der Waals surface area contributed by atoms with Crippen LogP contribution in [-0.4, -0.2) is 46.1 Å². The lowest BCUT2D eigenvalue weighted by molar-refractivity contribution is 0.0710. The maximum absolute atomic E-state index is 12.3. The number of likely N-dealkylation sites (tertiary alicyclic amines) is 1. The summed E-state index contributed by atoms with van der Waals surface area (Å²) in [4.78, 5) is 14.4. The average molecular weight is 250 g/mol. The molecule has 2 heterocycles. The number of Topliss-reactive ketones (excluding diaryl/α,β-unsaturated/α-hetero) is 1. The highest BCUT2D eigenvalue weighted by Crippen LogP contribution is 2.16. The first-order valence-corrected chi connectivity index (χ1v) is 6.55. The van der Waals surface area contributed by atoms with Gasteiger partial charge < -0.3 is 9.67 Å². The fourth-order valence-corrected chi connectivity index (χ4v) is 2.50. The summed E-state index contributed by atoms with van der Waals surface area (Å²) in [6.07, 6.45) is 1.37. The smallest absolute Gasteiger partial charge is 0.178 e. The zero-order valence-corrected chi connectivity index (χ0v) is 11.4. The van der Waals surface area contributed by atoms with Crippen LogP contribution in [0.3, 0.4) is 0 Å². The van der Waals surface area contributed by atoms with Crippen molar-refractivity contribution < 1.29 is 9.90 Å². The second kappa shape index (κ2) is 5.24. The molecule has 4 heteroatoms. The summed E-state index contributed by atoms with van der Waals surface area (Å²) in [6, 6.07) is 1.97. The zero-order chi connectivity index (χ0) is 13.3. The Hall–Kier alpha value is -1.13. The van der Waals surface area contributed by atoms with E-state index in [2.05, 4.69) is 4.90 Å². The Bertz CT molecular complexity index is 443. The molecule has 1 aliphatic rings. The van der Waals surface area contributed by atoms with Crippen LogP contribution in [0.4, 0.5) is 0 Å². The van der Waals surface area contributed by atoms with Crippen molar-refractivity contribution in [3.8, 4) is 0 Å². The molecule has 100 valence electrons. The molecule has 2 rings (SSSR count). The summed E-state index contributed by atoms with van der Waals surface area (Å²) in [5.41, 5.74) is 2.99. The number of rotatable bonds is 3. The molecule has 1 aromatic heterocycles. The molecule has 0 aliphatic carbocycles. The van der Waals surface area contributed by atoms with E-state index in [1.807, 2.05) is 31.5 Å². The Balaban J connectivity index is 2.01. The second-order valence-corrected chi connectivity index (χ2v) is 5.27. The Morgan fingerprint density at radius 1 is 1.39 bits per heavy atom. The molecule has 1 N–H and O–H groups in total. The summed E-state index contributed by atoms with van der Waals surface area (Å²) in [7, 11) is 1.98. The van der Waals surface area contributed by atoms with E-state index in [1.54, 1.807) is 0 Å². The van der Waals surface area contributed by atoms with E-state index in [-0.39, 0.29) is 11.9 Å². The van der Waals surface area contributed by atoms with Crippen LogP contribution in [0.1, 0.15) is 34.6 Å². The van der Waals surface area contributed by atoms with Crippen molar-refractivity contribution in [2.24, 2.45) is 7.05 Å². The van der Waals surface area contributed by atoms with E-state index in [9.17, 15) is 9.90 Å². The number of carbonyl (C=O) groups is 1. The third-order valence-electron chi connectivity index (χ3n) is 4.00. The number of aliphatic hydroxyl groups excluding tert-OH is 1. The summed E-state index contributed by atoms with van der Waals surface area (Å²) in [6.45, 7) is 6.10. The molecule has 4 nitrogen and oxygen atoms in total. The molecule has 0 spiro atoms. The number of aromatic nitrogens is 1.